The number of ketones is 1. The summed E-state index contributed by atoms with van der Waals surface area (Å²) in [6, 6.07) is 7.54. The summed E-state index contributed by atoms with van der Waals surface area (Å²) in [6.45, 7) is 7.44. The van der Waals surface area contributed by atoms with Crippen molar-refractivity contribution in [2.45, 2.75) is 20.3 Å². The zero-order valence-electron chi connectivity index (χ0n) is 16.6. The number of anilines is 4. The van der Waals surface area contributed by atoms with Crippen LogP contribution in [-0.4, -0.2) is 32.8 Å². The van der Waals surface area contributed by atoms with Gasteiger partial charge in [0.25, 0.3) is 0 Å². The Morgan fingerprint density at radius 2 is 2.00 bits per heavy atom. The number of hydrogen-bond donors (Lipinski definition) is 2. The molecule has 1 aromatic carbocycles. The Morgan fingerprint density at radius 1 is 1.17 bits per heavy atom. The second-order valence-corrected chi connectivity index (χ2v) is 6.43. The molecule has 0 unspecified atom stereocenters. The fourth-order valence-electron chi connectivity index (χ4n) is 2.64. The molecule has 2 aromatic heterocycles. The van der Waals surface area contributed by atoms with Crippen LogP contribution in [0.5, 0.6) is 5.88 Å². The fraction of sp³-hybridized carbons (Fsp3) is 0.190. The first-order chi connectivity index (χ1) is 14.0. The van der Waals surface area contributed by atoms with Crippen LogP contribution in [0.3, 0.4) is 0 Å². The van der Waals surface area contributed by atoms with Gasteiger partial charge in [-0.25, -0.2) is 15.0 Å². The van der Waals surface area contributed by atoms with Crippen LogP contribution in [0.2, 0.25) is 0 Å². The van der Waals surface area contributed by atoms with Crippen molar-refractivity contribution in [3.63, 3.8) is 0 Å². The predicted molar refractivity (Wildman–Crippen MR) is 112 cm³/mol. The van der Waals surface area contributed by atoms with E-state index >= 15 is 0 Å². The number of benzene rings is 1. The fourth-order valence-corrected chi connectivity index (χ4v) is 2.64. The molecule has 148 valence electrons. The maximum atomic E-state index is 11.9. The van der Waals surface area contributed by atoms with Gasteiger partial charge in [-0.05, 0) is 31.6 Å². The van der Waals surface area contributed by atoms with Gasteiger partial charge in [-0.2, -0.15) is 4.98 Å². The van der Waals surface area contributed by atoms with E-state index in [-0.39, 0.29) is 12.2 Å². The first-order valence-corrected chi connectivity index (χ1v) is 8.97. The minimum atomic E-state index is -0.0434. The molecule has 3 rings (SSSR count). The van der Waals surface area contributed by atoms with Crippen LogP contribution in [-0.2, 0) is 11.2 Å². The molecule has 0 bridgehead atoms. The lowest BCUT2D eigenvalue weighted by Crippen LogP contribution is -2.07. The lowest BCUT2D eigenvalue weighted by molar-refractivity contribution is -0.114. The highest BCUT2D eigenvalue weighted by Crippen LogP contribution is 2.25. The quantitative estimate of drug-likeness (QED) is 0.562. The van der Waals surface area contributed by atoms with Gasteiger partial charge in [-0.3, -0.25) is 4.79 Å². The summed E-state index contributed by atoms with van der Waals surface area (Å²) in [7, 11) is 1.53. The van der Waals surface area contributed by atoms with Crippen molar-refractivity contribution in [3.8, 4) is 5.88 Å². The van der Waals surface area contributed by atoms with Gasteiger partial charge in [0.15, 0.2) is 5.78 Å². The number of carbonyl (C=O) groups is 1. The lowest BCUT2D eigenvalue weighted by Gasteiger charge is -2.14. The molecule has 0 aliphatic heterocycles. The van der Waals surface area contributed by atoms with Crippen molar-refractivity contribution in [1.82, 2.24) is 19.9 Å². The summed E-state index contributed by atoms with van der Waals surface area (Å²) < 4.78 is 5.10. The normalized spacial score (nSPS) is 10.3. The first-order valence-electron chi connectivity index (χ1n) is 8.97. The highest BCUT2D eigenvalue weighted by Gasteiger charge is 2.11. The highest BCUT2D eigenvalue weighted by molar-refractivity contribution is 5.92. The molecule has 8 heteroatoms. The van der Waals surface area contributed by atoms with E-state index in [4.69, 9.17) is 4.74 Å². The molecule has 0 aliphatic carbocycles. The van der Waals surface area contributed by atoms with Gasteiger partial charge in [0.05, 0.1) is 7.11 Å². The van der Waals surface area contributed by atoms with E-state index in [1.165, 1.54) is 19.5 Å². The zero-order chi connectivity index (χ0) is 20.8. The third kappa shape index (κ3) is 5.13. The molecule has 0 fully saturated rings. The van der Waals surface area contributed by atoms with E-state index in [2.05, 4.69) is 37.1 Å². The average Bonchev–Trinajstić information content (AvgIpc) is 2.72. The summed E-state index contributed by atoms with van der Waals surface area (Å²) in [4.78, 5) is 28.8. The van der Waals surface area contributed by atoms with Gasteiger partial charge in [-0.15, -0.1) is 0 Å². The van der Waals surface area contributed by atoms with Crippen molar-refractivity contribution in [2.75, 3.05) is 17.7 Å². The van der Waals surface area contributed by atoms with Crippen molar-refractivity contribution < 1.29 is 9.53 Å². The average molecular weight is 390 g/mol. The van der Waals surface area contributed by atoms with Gasteiger partial charge in [0, 0.05) is 29.9 Å². The summed E-state index contributed by atoms with van der Waals surface area (Å²) in [6.07, 6.45) is 4.70. The number of rotatable bonds is 8. The van der Waals surface area contributed by atoms with Crippen LogP contribution >= 0.6 is 0 Å². The highest BCUT2D eigenvalue weighted by atomic mass is 16.5. The Bertz CT molecular complexity index is 1050. The molecule has 2 heterocycles. The summed E-state index contributed by atoms with van der Waals surface area (Å²) in [5, 5.41) is 6.35. The molecule has 29 heavy (non-hydrogen) atoms. The number of allylic oxidation sites excluding steroid dienone is 1. The third-order valence-electron chi connectivity index (χ3n) is 4.17. The zero-order valence-corrected chi connectivity index (χ0v) is 16.6. The topological polar surface area (TPSA) is 102 Å². The predicted octanol–water partition coefficient (Wildman–Crippen LogP) is 3.68. The van der Waals surface area contributed by atoms with Crippen molar-refractivity contribution >= 4 is 29.1 Å². The molecular formula is C21H22N6O2. The molecule has 2 N–H and O–H groups in total. The molecule has 0 saturated heterocycles. The van der Waals surface area contributed by atoms with Crippen LogP contribution in [0.4, 0.5) is 23.3 Å². The van der Waals surface area contributed by atoms with Crippen LogP contribution in [0, 0.1) is 13.8 Å². The van der Waals surface area contributed by atoms with Gasteiger partial charge in [0.1, 0.15) is 18.0 Å². The minimum absolute atomic E-state index is 0.0434. The number of ether oxygens (including phenoxy) is 1. The van der Waals surface area contributed by atoms with Gasteiger partial charge in [-0.1, -0.05) is 24.3 Å². The van der Waals surface area contributed by atoms with Crippen molar-refractivity contribution in [3.05, 3.63) is 66.1 Å². The van der Waals surface area contributed by atoms with E-state index in [1.54, 1.807) is 12.3 Å². The van der Waals surface area contributed by atoms with Crippen LogP contribution < -0.4 is 15.4 Å². The number of hydrogen-bond acceptors (Lipinski definition) is 8. The summed E-state index contributed by atoms with van der Waals surface area (Å²) >= 11 is 0. The Kier molecular flexibility index (Phi) is 6.13. The SMILES string of the molecule is C=CC(=O)Cc1cc(C)ccc1Nc1nc(Nc2cc(OC)ncn2)ncc1C. The van der Waals surface area contributed by atoms with Gasteiger partial charge < -0.3 is 15.4 Å². The largest absolute Gasteiger partial charge is 0.481 e. The Labute approximate surface area is 169 Å². The Morgan fingerprint density at radius 3 is 2.76 bits per heavy atom. The second kappa shape index (κ2) is 8.92. The molecule has 0 saturated carbocycles. The standard InChI is InChI=1S/C21H22N6O2/c1-5-16(28)9-15-8-13(2)6-7-17(15)25-20-14(3)11-22-21(27-20)26-18-10-19(29-4)24-12-23-18/h5-8,10-12H,1,9H2,2-4H3,(H2,22,23,24,25,26,27). The summed E-state index contributed by atoms with van der Waals surface area (Å²) in [5.74, 6) is 1.90. The number of nitrogens with zero attached hydrogens (tertiary/aromatic N) is 4. The minimum Gasteiger partial charge on any atom is -0.481 e. The number of methoxy groups -OCH3 is 1. The Hall–Kier alpha value is -3.81. The monoisotopic (exact) mass is 390 g/mol. The van der Waals surface area contributed by atoms with E-state index in [0.29, 0.717) is 23.5 Å². The number of aromatic nitrogens is 4. The van der Waals surface area contributed by atoms with Crippen LogP contribution in [0.15, 0.2) is 49.4 Å². The first kappa shape index (κ1) is 19.9. The third-order valence-corrected chi connectivity index (χ3v) is 4.17. The lowest BCUT2D eigenvalue weighted by atomic mass is 10.0. The number of carbonyl (C=O) groups excluding carboxylic acids is 1. The molecule has 0 radical (unpaired) electrons. The van der Waals surface area contributed by atoms with Gasteiger partial charge in [0.2, 0.25) is 11.8 Å². The molecule has 0 spiro atoms. The molecule has 0 atom stereocenters. The smallest absolute Gasteiger partial charge is 0.230 e. The molecule has 8 nitrogen and oxygen atoms in total. The molecule has 3 aromatic rings. The van der Waals surface area contributed by atoms with Crippen LogP contribution in [0.1, 0.15) is 16.7 Å². The Balaban J connectivity index is 1.87. The molecular weight excluding hydrogens is 368 g/mol. The second-order valence-electron chi connectivity index (χ2n) is 6.43. The van der Waals surface area contributed by atoms with Crippen molar-refractivity contribution in [2.24, 2.45) is 0 Å². The number of aryl methyl sites for hydroxylation is 2. The van der Waals surface area contributed by atoms with E-state index in [0.717, 1.165) is 22.4 Å². The maximum absolute atomic E-state index is 11.9. The molecule has 0 aliphatic rings. The maximum Gasteiger partial charge on any atom is 0.230 e. The van der Waals surface area contributed by atoms with E-state index in [9.17, 15) is 4.79 Å². The number of nitrogens with one attached hydrogen (secondary N) is 2. The van der Waals surface area contributed by atoms with Crippen LogP contribution in [0.25, 0.3) is 0 Å². The van der Waals surface area contributed by atoms with E-state index in [1.807, 2.05) is 32.0 Å². The van der Waals surface area contributed by atoms with E-state index < -0.39 is 0 Å². The molecule has 0 amide bonds. The summed E-state index contributed by atoms with van der Waals surface area (Å²) in [5.41, 5.74) is 3.62. The van der Waals surface area contributed by atoms with Gasteiger partial charge >= 0.3 is 0 Å². The van der Waals surface area contributed by atoms with Crippen molar-refractivity contribution in [1.29, 1.82) is 0 Å².